The predicted octanol–water partition coefficient (Wildman–Crippen LogP) is 3.66. The molecular weight excluding hydrogens is 308 g/mol. The Morgan fingerprint density at radius 3 is 2.86 bits per heavy atom. The topological polar surface area (TPSA) is 62.2 Å². The Morgan fingerprint density at radius 2 is 2.24 bits per heavy atom. The lowest BCUT2D eigenvalue weighted by molar-refractivity contribution is 0.0695. The second kappa shape index (κ2) is 6.13. The van der Waals surface area contributed by atoms with Crippen LogP contribution in [0.25, 0.3) is 0 Å². The van der Waals surface area contributed by atoms with Gasteiger partial charge in [0.25, 0.3) is 0 Å². The number of aromatic carboxylic acids is 1. The SMILES string of the molecule is O=C(O)c1ccc(CNCc2cc(Cl)cs2)nc1C1CC1. The molecule has 0 amide bonds. The van der Waals surface area contributed by atoms with E-state index < -0.39 is 5.97 Å². The van der Waals surface area contributed by atoms with E-state index in [4.69, 9.17) is 11.6 Å². The number of hydrogen-bond donors (Lipinski definition) is 2. The minimum Gasteiger partial charge on any atom is -0.478 e. The van der Waals surface area contributed by atoms with Crippen LogP contribution in [-0.2, 0) is 13.1 Å². The van der Waals surface area contributed by atoms with Crippen LogP contribution in [0.2, 0.25) is 5.02 Å². The number of pyridine rings is 1. The molecule has 2 heterocycles. The van der Waals surface area contributed by atoms with Crippen LogP contribution in [0.15, 0.2) is 23.6 Å². The average Bonchev–Trinajstić information content (AvgIpc) is 3.22. The van der Waals surface area contributed by atoms with Crippen molar-refractivity contribution in [2.24, 2.45) is 0 Å². The van der Waals surface area contributed by atoms with Crippen LogP contribution < -0.4 is 5.32 Å². The van der Waals surface area contributed by atoms with Crippen molar-refractivity contribution in [1.82, 2.24) is 10.3 Å². The Kier molecular flexibility index (Phi) is 4.24. The van der Waals surface area contributed by atoms with Crippen molar-refractivity contribution >= 4 is 28.9 Å². The molecule has 3 rings (SSSR count). The van der Waals surface area contributed by atoms with Crippen LogP contribution in [0.1, 0.15) is 45.4 Å². The van der Waals surface area contributed by atoms with Crippen molar-refractivity contribution in [1.29, 1.82) is 0 Å². The lowest BCUT2D eigenvalue weighted by atomic mass is 10.1. The highest BCUT2D eigenvalue weighted by Crippen LogP contribution is 2.40. The van der Waals surface area contributed by atoms with E-state index in [0.717, 1.165) is 35.8 Å². The zero-order chi connectivity index (χ0) is 14.8. The molecule has 0 aliphatic heterocycles. The van der Waals surface area contributed by atoms with E-state index in [1.807, 2.05) is 11.4 Å². The average molecular weight is 323 g/mol. The third-order valence-corrected chi connectivity index (χ3v) is 4.69. The Bertz CT molecular complexity index is 667. The van der Waals surface area contributed by atoms with Gasteiger partial charge in [-0.3, -0.25) is 4.98 Å². The number of nitrogens with zero attached hydrogens (tertiary/aromatic N) is 1. The summed E-state index contributed by atoms with van der Waals surface area (Å²) in [6, 6.07) is 5.39. The first-order valence-electron chi connectivity index (χ1n) is 6.80. The molecule has 1 aliphatic carbocycles. The van der Waals surface area contributed by atoms with Crippen LogP contribution in [-0.4, -0.2) is 16.1 Å². The number of aromatic nitrogens is 1. The number of halogens is 1. The van der Waals surface area contributed by atoms with Gasteiger partial charge in [-0.05, 0) is 31.0 Å². The van der Waals surface area contributed by atoms with E-state index in [1.165, 1.54) is 4.88 Å². The molecule has 0 saturated heterocycles. The molecule has 0 spiro atoms. The van der Waals surface area contributed by atoms with Crippen molar-refractivity contribution in [2.75, 3.05) is 0 Å². The Hall–Kier alpha value is -1.43. The maximum Gasteiger partial charge on any atom is 0.337 e. The highest BCUT2D eigenvalue weighted by atomic mass is 35.5. The van der Waals surface area contributed by atoms with E-state index in [9.17, 15) is 9.90 Å². The normalized spacial score (nSPS) is 14.3. The van der Waals surface area contributed by atoms with Gasteiger partial charge in [-0.1, -0.05) is 11.6 Å². The smallest absolute Gasteiger partial charge is 0.337 e. The fraction of sp³-hybridized carbons (Fsp3) is 0.333. The minimum atomic E-state index is -0.892. The summed E-state index contributed by atoms with van der Waals surface area (Å²) < 4.78 is 0. The molecule has 6 heteroatoms. The molecule has 2 aromatic heterocycles. The summed E-state index contributed by atoms with van der Waals surface area (Å²) in [6.07, 6.45) is 2.08. The predicted molar refractivity (Wildman–Crippen MR) is 83.0 cm³/mol. The first kappa shape index (κ1) is 14.5. The van der Waals surface area contributed by atoms with Gasteiger partial charge >= 0.3 is 5.97 Å². The molecule has 1 saturated carbocycles. The molecule has 2 aromatic rings. The Balaban J connectivity index is 1.65. The molecule has 21 heavy (non-hydrogen) atoms. The van der Waals surface area contributed by atoms with Crippen LogP contribution in [0.4, 0.5) is 0 Å². The van der Waals surface area contributed by atoms with Gasteiger partial charge in [0, 0.05) is 29.3 Å². The fourth-order valence-corrected chi connectivity index (χ4v) is 3.27. The number of carbonyl (C=O) groups is 1. The van der Waals surface area contributed by atoms with Crippen LogP contribution in [0, 0.1) is 0 Å². The highest BCUT2D eigenvalue weighted by Gasteiger charge is 2.29. The number of nitrogens with one attached hydrogen (secondary N) is 1. The van der Waals surface area contributed by atoms with Gasteiger partial charge in [-0.2, -0.15) is 0 Å². The number of carboxylic acids is 1. The zero-order valence-corrected chi connectivity index (χ0v) is 12.9. The molecule has 1 aliphatic rings. The van der Waals surface area contributed by atoms with Crippen molar-refractivity contribution in [3.63, 3.8) is 0 Å². The lowest BCUT2D eigenvalue weighted by Crippen LogP contribution is -2.14. The highest BCUT2D eigenvalue weighted by molar-refractivity contribution is 7.10. The van der Waals surface area contributed by atoms with Gasteiger partial charge < -0.3 is 10.4 Å². The van der Waals surface area contributed by atoms with Crippen LogP contribution in [0.5, 0.6) is 0 Å². The first-order chi connectivity index (χ1) is 10.1. The first-order valence-corrected chi connectivity index (χ1v) is 8.06. The molecule has 0 bridgehead atoms. The second-order valence-electron chi connectivity index (χ2n) is 5.15. The number of hydrogen-bond acceptors (Lipinski definition) is 4. The lowest BCUT2D eigenvalue weighted by Gasteiger charge is -2.08. The maximum atomic E-state index is 11.2. The van der Waals surface area contributed by atoms with Gasteiger partial charge in [-0.15, -0.1) is 11.3 Å². The van der Waals surface area contributed by atoms with Gasteiger partial charge in [0.15, 0.2) is 0 Å². The van der Waals surface area contributed by atoms with Gasteiger partial charge in [0.2, 0.25) is 0 Å². The third kappa shape index (κ3) is 3.61. The van der Waals surface area contributed by atoms with E-state index >= 15 is 0 Å². The maximum absolute atomic E-state index is 11.2. The molecule has 0 atom stereocenters. The number of thiophene rings is 1. The molecule has 2 N–H and O–H groups in total. The molecule has 0 unspecified atom stereocenters. The van der Waals surface area contributed by atoms with Crippen molar-refractivity contribution in [3.05, 3.63) is 50.4 Å². The molecule has 1 fully saturated rings. The monoisotopic (exact) mass is 322 g/mol. The van der Waals surface area contributed by atoms with E-state index in [2.05, 4.69) is 10.3 Å². The van der Waals surface area contributed by atoms with Gasteiger partial charge in [-0.25, -0.2) is 4.79 Å². The van der Waals surface area contributed by atoms with E-state index in [0.29, 0.717) is 18.0 Å². The standard InChI is InChI=1S/C15H15ClN2O2S/c16-10-5-12(21-8-10)7-17-6-11-3-4-13(15(19)20)14(18-11)9-1-2-9/h3-5,8-9,17H,1-2,6-7H2,(H,19,20). The van der Waals surface area contributed by atoms with Crippen molar-refractivity contribution in [2.45, 2.75) is 31.8 Å². The zero-order valence-electron chi connectivity index (χ0n) is 11.3. The second-order valence-corrected chi connectivity index (χ2v) is 6.58. The van der Waals surface area contributed by atoms with Gasteiger partial charge in [0.1, 0.15) is 0 Å². The van der Waals surface area contributed by atoms with Gasteiger partial charge in [0.05, 0.1) is 22.0 Å². The summed E-state index contributed by atoms with van der Waals surface area (Å²) in [7, 11) is 0. The number of rotatable bonds is 6. The summed E-state index contributed by atoms with van der Waals surface area (Å²) in [4.78, 5) is 16.9. The fourth-order valence-electron chi connectivity index (χ4n) is 2.22. The summed E-state index contributed by atoms with van der Waals surface area (Å²) >= 11 is 7.50. The van der Waals surface area contributed by atoms with Crippen LogP contribution in [0.3, 0.4) is 0 Å². The van der Waals surface area contributed by atoms with Crippen LogP contribution >= 0.6 is 22.9 Å². The largest absolute Gasteiger partial charge is 0.478 e. The quantitative estimate of drug-likeness (QED) is 0.852. The van der Waals surface area contributed by atoms with E-state index in [1.54, 1.807) is 23.5 Å². The number of carboxylic acid groups (broad SMARTS) is 1. The minimum absolute atomic E-state index is 0.326. The van der Waals surface area contributed by atoms with E-state index in [-0.39, 0.29) is 0 Å². The van der Waals surface area contributed by atoms with Crippen molar-refractivity contribution < 1.29 is 9.90 Å². The summed E-state index contributed by atoms with van der Waals surface area (Å²) in [6.45, 7) is 1.35. The third-order valence-electron chi connectivity index (χ3n) is 3.40. The molecule has 110 valence electrons. The summed E-state index contributed by atoms with van der Waals surface area (Å²) in [5.74, 6) is -0.565. The molecule has 4 nitrogen and oxygen atoms in total. The summed E-state index contributed by atoms with van der Waals surface area (Å²) in [5, 5.41) is 15.2. The molecular formula is C15H15ClN2O2S. The summed E-state index contributed by atoms with van der Waals surface area (Å²) in [5.41, 5.74) is 1.96. The van der Waals surface area contributed by atoms with Crippen molar-refractivity contribution in [3.8, 4) is 0 Å². The Morgan fingerprint density at radius 1 is 1.43 bits per heavy atom. The Labute approximate surface area is 131 Å². The molecule has 0 aromatic carbocycles. The molecule has 0 radical (unpaired) electrons.